The van der Waals surface area contributed by atoms with Gasteiger partial charge in [0.2, 0.25) is 0 Å². The van der Waals surface area contributed by atoms with Gasteiger partial charge in [0.25, 0.3) is 0 Å². The molecule has 3 aromatic rings. The van der Waals surface area contributed by atoms with Crippen LogP contribution in [0.4, 0.5) is 0 Å². The summed E-state index contributed by atoms with van der Waals surface area (Å²) in [7, 11) is 0. The lowest BCUT2D eigenvalue weighted by Gasteiger charge is -2.32. The first-order chi connectivity index (χ1) is 14.3. The smallest absolute Gasteiger partial charge is 0.0956 e. The highest BCUT2D eigenvalue weighted by Crippen LogP contribution is 2.42. The van der Waals surface area contributed by atoms with Crippen LogP contribution in [0.5, 0.6) is 0 Å². The van der Waals surface area contributed by atoms with E-state index in [1.54, 1.807) is 12.4 Å². The zero-order valence-electron chi connectivity index (χ0n) is 16.5. The Morgan fingerprint density at radius 2 is 1.83 bits per heavy atom. The van der Waals surface area contributed by atoms with E-state index in [9.17, 15) is 5.11 Å². The lowest BCUT2D eigenvalue weighted by Crippen LogP contribution is -2.30. The normalized spacial score (nSPS) is 24.1. The molecule has 0 bridgehead atoms. The highest BCUT2D eigenvalue weighted by molar-refractivity contribution is 5.68. The van der Waals surface area contributed by atoms with Crippen molar-refractivity contribution in [1.29, 1.82) is 0 Å². The molecule has 5 nitrogen and oxygen atoms in total. The minimum Gasteiger partial charge on any atom is -0.393 e. The topological polar surface area (TPSA) is 60.2 Å². The summed E-state index contributed by atoms with van der Waals surface area (Å²) in [6, 6.07) is 12.7. The summed E-state index contributed by atoms with van der Waals surface area (Å²) in [6.07, 6.45) is 12.2. The third kappa shape index (κ3) is 3.72. The first-order valence-corrected chi connectivity index (χ1v) is 10.6. The molecule has 3 heterocycles. The van der Waals surface area contributed by atoms with Gasteiger partial charge in [-0.05, 0) is 61.3 Å². The molecule has 29 heavy (non-hydrogen) atoms. The summed E-state index contributed by atoms with van der Waals surface area (Å²) in [5, 5.41) is 11.0. The van der Waals surface area contributed by atoms with E-state index in [4.69, 9.17) is 4.74 Å². The van der Waals surface area contributed by atoms with Gasteiger partial charge in [-0.2, -0.15) is 0 Å². The Labute approximate surface area is 171 Å². The number of hydrogen-bond acceptors (Lipinski definition) is 4. The van der Waals surface area contributed by atoms with E-state index < -0.39 is 0 Å². The van der Waals surface area contributed by atoms with Crippen molar-refractivity contribution in [3.05, 3.63) is 72.4 Å². The maximum atomic E-state index is 11.0. The van der Waals surface area contributed by atoms with Crippen LogP contribution in [0.15, 0.2) is 61.3 Å². The molecule has 1 aliphatic carbocycles. The Morgan fingerprint density at radius 3 is 2.66 bits per heavy atom. The summed E-state index contributed by atoms with van der Waals surface area (Å²) in [5.74, 6) is 0.343. The number of benzene rings is 1. The molecule has 150 valence electrons. The molecule has 0 spiro atoms. The zero-order valence-corrected chi connectivity index (χ0v) is 16.5. The Balaban J connectivity index is 1.17. The molecule has 1 N–H and O–H groups in total. The minimum atomic E-state index is -0.303. The fourth-order valence-electron chi connectivity index (χ4n) is 4.93. The SMILES string of the molecule is OC(CC1c2ccccc2-c2cncn21)C1CCC(OCc2ccncc2)CC1. The van der Waals surface area contributed by atoms with Gasteiger partial charge >= 0.3 is 0 Å². The van der Waals surface area contributed by atoms with Crippen LogP contribution in [0.1, 0.15) is 49.3 Å². The maximum Gasteiger partial charge on any atom is 0.0956 e. The highest BCUT2D eigenvalue weighted by atomic mass is 16.5. The van der Waals surface area contributed by atoms with E-state index in [1.165, 1.54) is 11.1 Å². The highest BCUT2D eigenvalue weighted by Gasteiger charge is 2.33. The third-order valence-corrected chi connectivity index (χ3v) is 6.56. The van der Waals surface area contributed by atoms with Crippen LogP contribution in [0.2, 0.25) is 0 Å². The van der Waals surface area contributed by atoms with E-state index in [0.29, 0.717) is 18.6 Å². The van der Waals surface area contributed by atoms with E-state index in [1.807, 2.05) is 24.7 Å². The average Bonchev–Trinajstić information content (AvgIpc) is 3.36. The van der Waals surface area contributed by atoms with Crippen molar-refractivity contribution in [3.8, 4) is 11.3 Å². The summed E-state index contributed by atoms with van der Waals surface area (Å²) >= 11 is 0. The van der Waals surface area contributed by atoms with Crippen LogP contribution in [-0.4, -0.2) is 31.8 Å². The Hall–Kier alpha value is -2.50. The number of imidazole rings is 1. The second kappa shape index (κ2) is 8.09. The van der Waals surface area contributed by atoms with Gasteiger partial charge in [0, 0.05) is 18.0 Å². The Kier molecular flexibility index (Phi) is 5.17. The van der Waals surface area contributed by atoms with Gasteiger partial charge in [0.1, 0.15) is 0 Å². The second-order valence-electron chi connectivity index (χ2n) is 8.30. The monoisotopic (exact) mass is 389 g/mol. The number of nitrogens with zero attached hydrogens (tertiary/aromatic N) is 3. The molecule has 2 aromatic heterocycles. The van der Waals surface area contributed by atoms with Gasteiger partial charge in [0.05, 0.1) is 43.1 Å². The average molecular weight is 389 g/mol. The molecule has 5 heteroatoms. The molecular formula is C24H27N3O2. The Morgan fingerprint density at radius 1 is 1.03 bits per heavy atom. The molecule has 1 aromatic carbocycles. The molecule has 0 radical (unpaired) electrons. The molecule has 2 atom stereocenters. The number of aliphatic hydroxyl groups is 1. The fraction of sp³-hybridized carbons (Fsp3) is 0.417. The lowest BCUT2D eigenvalue weighted by atomic mass is 9.81. The van der Waals surface area contributed by atoms with Crippen LogP contribution in [0, 0.1) is 5.92 Å². The van der Waals surface area contributed by atoms with Crippen LogP contribution < -0.4 is 0 Å². The fourth-order valence-corrected chi connectivity index (χ4v) is 4.93. The van der Waals surface area contributed by atoms with E-state index in [0.717, 1.165) is 43.4 Å². The minimum absolute atomic E-state index is 0.180. The Bertz CT molecular complexity index is 948. The van der Waals surface area contributed by atoms with Crippen molar-refractivity contribution in [3.63, 3.8) is 0 Å². The number of rotatable bonds is 6. The summed E-state index contributed by atoms with van der Waals surface area (Å²) in [4.78, 5) is 8.38. The van der Waals surface area contributed by atoms with Crippen molar-refractivity contribution < 1.29 is 9.84 Å². The van der Waals surface area contributed by atoms with Gasteiger partial charge < -0.3 is 14.4 Å². The van der Waals surface area contributed by atoms with Crippen LogP contribution in [0.3, 0.4) is 0 Å². The molecular weight excluding hydrogens is 362 g/mol. The summed E-state index contributed by atoms with van der Waals surface area (Å²) in [5.41, 5.74) is 4.87. The number of hydrogen-bond donors (Lipinski definition) is 1. The molecule has 1 saturated carbocycles. The van der Waals surface area contributed by atoms with E-state index in [2.05, 4.69) is 38.8 Å². The van der Waals surface area contributed by atoms with E-state index in [-0.39, 0.29) is 12.1 Å². The first kappa shape index (κ1) is 18.5. The van der Waals surface area contributed by atoms with Gasteiger partial charge in [-0.1, -0.05) is 24.3 Å². The number of fused-ring (bicyclic) bond motifs is 3. The number of aliphatic hydroxyl groups excluding tert-OH is 1. The van der Waals surface area contributed by atoms with Crippen LogP contribution >= 0.6 is 0 Å². The molecule has 1 fully saturated rings. The largest absolute Gasteiger partial charge is 0.393 e. The number of ether oxygens (including phenoxy) is 1. The number of pyridine rings is 1. The quantitative estimate of drug-likeness (QED) is 0.680. The van der Waals surface area contributed by atoms with Gasteiger partial charge in [-0.25, -0.2) is 4.98 Å². The van der Waals surface area contributed by atoms with Crippen LogP contribution in [-0.2, 0) is 11.3 Å². The zero-order chi connectivity index (χ0) is 19.6. The molecule has 2 aliphatic rings. The second-order valence-corrected chi connectivity index (χ2v) is 8.30. The van der Waals surface area contributed by atoms with Crippen molar-refractivity contribution in [2.45, 2.75) is 57.0 Å². The summed E-state index contributed by atoms with van der Waals surface area (Å²) in [6.45, 7) is 0.642. The van der Waals surface area contributed by atoms with Gasteiger partial charge in [-0.15, -0.1) is 0 Å². The third-order valence-electron chi connectivity index (χ3n) is 6.56. The van der Waals surface area contributed by atoms with Crippen molar-refractivity contribution >= 4 is 0 Å². The van der Waals surface area contributed by atoms with E-state index >= 15 is 0 Å². The predicted molar refractivity (Wildman–Crippen MR) is 111 cm³/mol. The lowest BCUT2D eigenvalue weighted by molar-refractivity contribution is -0.0160. The molecule has 2 unspecified atom stereocenters. The van der Waals surface area contributed by atoms with Gasteiger partial charge in [-0.3, -0.25) is 4.98 Å². The molecule has 0 amide bonds. The predicted octanol–water partition coefficient (Wildman–Crippen LogP) is 4.37. The first-order valence-electron chi connectivity index (χ1n) is 10.6. The van der Waals surface area contributed by atoms with Crippen molar-refractivity contribution in [2.75, 3.05) is 0 Å². The maximum absolute atomic E-state index is 11.0. The van der Waals surface area contributed by atoms with Gasteiger partial charge in [0.15, 0.2) is 0 Å². The summed E-state index contributed by atoms with van der Waals surface area (Å²) < 4.78 is 8.31. The molecule has 0 saturated heterocycles. The van der Waals surface area contributed by atoms with Crippen LogP contribution in [0.25, 0.3) is 11.3 Å². The molecule has 1 aliphatic heterocycles. The van der Waals surface area contributed by atoms with Crippen molar-refractivity contribution in [1.82, 2.24) is 14.5 Å². The standard InChI is InChI=1S/C24H27N3O2/c28-24(13-22-20-3-1-2-4-21(20)23-14-26-16-27(22)23)18-5-7-19(8-6-18)29-15-17-9-11-25-12-10-17/h1-4,9-12,14,16,18-19,22,24,28H,5-8,13,15H2. The number of aromatic nitrogens is 3. The van der Waals surface area contributed by atoms with Crippen molar-refractivity contribution in [2.24, 2.45) is 5.92 Å². The molecule has 5 rings (SSSR count).